The molecule has 23 heavy (non-hydrogen) atoms. The molecule has 2 aromatic rings. The van der Waals surface area contributed by atoms with Crippen LogP contribution in [0.5, 0.6) is 0 Å². The first-order chi connectivity index (χ1) is 10.1. The minimum absolute atomic E-state index is 0. The van der Waals surface area contributed by atoms with Crippen molar-refractivity contribution in [2.45, 2.75) is 25.8 Å². The molecule has 1 aromatic heterocycles. The van der Waals surface area contributed by atoms with E-state index in [9.17, 15) is 4.79 Å². The van der Waals surface area contributed by atoms with E-state index in [-0.39, 0.29) is 36.8 Å². The van der Waals surface area contributed by atoms with Crippen LogP contribution < -0.4 is 5.73 Å². The zero-order valence-corrected chi connectivity index (χ0v) is 14.8. The fourth-order valence-corrected chi connectivity index (χ4v) is 2.98. The Labute approximate surface area is 149 Å². The zero-order chi connectivity index (χ0) is 14.8. The summed E-state index contributed by atoms with van der Waals surface area (Å²) in [6, 6.07) is 11.9. The van der Waals surface area contributed by atoms with Crippen molar-refractivity contribution < 1.29 is 4.79 Å². The van der Waals surface area contributed by atoms with Gasteiger partial charge in [-0.2, -0.15) is 0 Å². The molecule has 6 heteroatoms. The summed E-state index contributed by atoms with van der Waals surface area (Å²) in [4.78, 5) is 18.9. The number of amides is 1. The van der Waals surface area contributed by atoms with Gasteiger partial charge < -0.3 is 10.6 Å². The number of rotatable bonds is 2. The largest absolute Gasteiger partial charge is 0.337 e. The molecule has 1 unspecified atom stereocenters. The SMILES string of the molecule is CC(N)C1CCN(C(=O)c2ccc3ccccc3n2)CC1.Cl.Cl. The Morgan fingerprint density at radius 2 is 1.83 bits per heavy atom. The third kappa shape index (κ3) is 4.34. The lowest BCUT2D eigenvalue weighted by Crippen LogP contribution is -2.42. The fourth-order valence-electron chi connectivity index (χ4n) is 2.98. The van der Waals surface area contributed by atoms with Crippen molar-refractivity contribution in [1.29, 1.82) is 0 Å². The predicted octanol–water partition coefficient (Wildman–Crippen LogP) is 3.28. The van der Waals surface area contributed by atoms with Crippen molar-refractivity contribution in [2.24, 2.45) is 11.7 Å². The third-order valence-electron chi connectivity index (χ3n) is 4.39. The number of nitrogens with zero attached hydrogens (tertiary/aromatic N) is 2. The second-order valence-electron chi connectivity index (χ2n) is 5.88. The van der Waals surface area contributed by atoms with Gasteiger partial charge in [-0.1, -0.05) is 24.3 Å². The first kappa shape index (κ1) is 19.7. The van der Waals surface area contributed by atoms with E-state index in [1.807, 2.05) is 48.2 Å². The number of benzene rings is 1. The maximum absolute atomic E-state index is 12.6. The molecule has 1 aliphatic heterocycles. The van der Waals surface area contributed by atoms with Crippen molar-refractivity contribution in [1.82, 2.24) is 9.88 Å². The van der Waals surface area contributed by atoms with Gasteiger partial charge in [0.05, 0.1) is 5.52 Å². The molecule has 0 radical (unpaired) electrons. The Morgan fingerprint density at radius 1 is 1.17 bits per heavy atom. The highest BCUT2D eigenvalue weighted by Crippen LogP contribution is 2.21. The number of likely N-dealkylation sites (tertiary alicyclic amines) is 1. The molecule has 1 fully saturated rings. The van der Waals surface area contributed by atoms with E-state index < -0.39 is 0 Å². The van der Waals surface area contributed by atoms with Crippen LogP contribution in [0.1, 0.15) is 30.3 Å². The summed E-state index contributed by atoms with van der Waals surface area (Å²) in [6.45, 7) is 3.60. The van der Waals surface area contributed by atoms with Gasteiger partial charge in [-0.3, -0.25) is 4.79 Å². The summed E-state index contributed by atoms with van der Waals surface area (Å²) in [5.41, 5.74) is 7.35. The van der Waals surface area contributed by atoms with Gasteiger partial charge >= 0.3 is 0 Å². The Bertz CT molecular complexity index is 655. The molecule has 0 saturated carbocycles. The molecule has 4 nitrogen and oxygen atoms in total. The topological polar surface area (TPSA) is 59.2 Å². The number of carbonyl (C=O) groups is 1. The molecular weight excluding hydrogens is 333 g/mol. The second-order valence-corrected chi connectivity index (χ2v) is 5.88. The number of halogens is 2. The Hall–Kier alpha value is -1.36. The van der Waals surface area contributed by atoms with Crippen LogP contribution in [0.15, 0.2) is 36.4 Å². The lowest BCUT2D eigenvalue weighted by molar-refractivity contribution is 0.0675. The first-order valence-electron chi connectivity index (χ1n) is 7.56. The number of hydrogen-bond acceptors (Lipinski definition) is 3. The van der Waals surface area contributed by atoms with Crippen LogP contribution in [-0.4, -0.2) is 34.9 Å². The van der Waals surface area contributed by atoms with Gasteiger partial charge in [0.15, 0.2) is 0 Å². The highest BCUT2D eigenvalue weighted by atomic mass is 35.5. The average Bonchev–Trinajstić information content (AvgIpc) is 2.54. The van der Waals surface area contributed by atoms with Crippen molar-refractivity contribution >= 4 is 41.6 Å². The zero-order valence-electron chi connectivity index (χ0n) is 13.1. The molecule has 1 saturated heterocycles. The van der Waals surface area contributed by atoms with Crippen molar-refractivity contribution in [3.8, 4) is 0 Å². The minimum atomic E-state index is 0. The third-order valence-corrected chi connectivity index (χ3v) is 4.39. The Morgan fingerprint density at radius 3 is 2.48 bits per heavy atom. The van der Waals surface area contributed by atoms with E-state index in [1.54, 1.807) is 0 Å². The van der Waals surface area contributed by atoms with Crippen LogP contribution in [-0.2, 0) is 0 Å². The Balaban J connectivity index is 0.00000132. The van der Waals surface area contributed by atoms with Gasteiger partial charge in [-0.05, 0) is 37.8 Å². The number of nitrogens with two attached hydrogens (primary N) is 1. The molecule has 126 valence electrons. The molecule has 0 bridgehead atoms. The molecule has 1 amide bonds. The monoisotopic (exact) mass is 355 g/mol. The number of carbonyl (C=O) groups excluding carboxylic acids is 1. The summed E-state index contributed by atoms with van der Waals surface area (Å²) in [5, 5.41) is 1.06. The van der Waals surface area contributed by atoms with E-state index in [1.165, 1.54) is 0 Å². The van der Waals surface area contributed by atoms with Crippen LogP contribution >= 0.6 is 24.8 Å². The van der Waals surface area contributed by atoms with Gasteiger partial charge in [0, 0.05) is 24.5 Å². The van der Waals surface area contributed by atoms with Crippen molar-refractivity contribution in [2.75, 3.05) is 13.1 Å². The van der Waals surface area contributed by atoms with Crippen LogP contribution in [0.25, 0.3) is 10.9 Å². The molecule has 1 aliphatic rings. The van der Waals surface area contributed by atoms with E-state index in [4.69, 9.17) is 5.73 Å². The lowest BCUT2D eigenvalue weighted by atomic mass is 9.91. The first-order valence-corrected chi connectivity index (χ1v) is 7.56. The molecule has 0 aliphatic carbocycles. The number of para-hydroxylation sites is 1. The van der Waals surface area contributed by atoms with Crippen LogP contribution in [0, 0.1) is 5.92 Å². The average molecular weight is 356 g/mol. The predicted molar refractivity (Wildman–Crippen MR) is 98.5 cm³/mol. The van der Waals surface area contributed by atoms with Crippen molar-refractivity contribution in [3.63, 3.8) is 0 Å². The Kier molecular flexibility index (Phi) is 7.26. The van der Waals surface area contributed by atoms with Crippen LogP contribution in [0.4, 0.5) is 0 Å². The van der Waals surface area contributed by atoms with E-state index in [2.05, 4.69) is 4.98 Å². The lowest BCUT2D eigenvalue weighted by Gasteiger charge is -2.33. The second kappa shape index (κ2) is 8.48. The molecule has 2 N–H and O–H groups in total. The number of fused-ring (bicyclic) bond motifs is 1. The highest BCUT2D eigenvalue weighted by molar-refractivity contribution is 5.95. The van der Waals surface area contributed by atoms with Crippen LogP contribution in [0.3, 0.4) is 0 Å². The normalized spacial score (nSPS) is 16.3. The van der Waals surface area contributed by atoms with Gasteiger partial charge in [0.25, 0.3) is 5.91 Å². The summed E-state index contributed by atoms with van der Waals surface area (Å²) in [7, 11) is 0. The number of piperidine rings is 1. The quantitative estimate of drug-likeness (QED) is 0.898. The van der Waals surface area contributed by atoms with Gasteiger partial charge in [0.2, 0.25) is 0 Å². The molecule has 1 aromatic carbocycles. The maximum atomic E-state index is 12.6. The maximum Gasteiger partial charge on any atom is 0.272 e. The van der Waals surface area contributed by atoms with E-state index >= 15 is 0 Å². The van der Waals surface area contributed by atoms with Gasteiger partial charge in [0.1, 0.15) is 5.69 Å². The van der Waals surface area contributed by atoms with Gasteiger partial charge in [-0.15, -0.1) is 24.8 Å². The molecular formula is C17H23Cl2N3O. The van der Waals surface area contributed by atoms with Crippen molar-refractivity contribution in [3.05, 3.63) is 42.1 Å². The standard InChI is InChI=1S/C17H21N3O.2ClH/c1-12(18)13-8-10-20(11-9-13)17(21)16-7-6-14-4-2-3-5-15(14)19-16;;/h2-7,12-13H,8-11,18H2,1H3;2*1H. The number of pyridine rings is 1. The summed E-state index contributed by atoms with van der Waals surface area (Å²) in [5.74, 6) is 0.558. The van der Waals surface area contributed by atoms with Crippen LogP contribution in [0.2, 0.25) is 0 Å². The summed E-state index contributed by atoms with van der Waals surface area (Å²) < 4.78 is 0. The highest BCUT2D eigenvalue weighted by Gasteiger charge is 2.26. The number of hydrogen-bond donors (Lipinski definition) is 1. The molecule has 1 atom stereocenters. The summed E-state index contributed by atoms with van der Waals surface area (Å²) >= 11 is 0. The molecule has 0 spiro atoms. The number of aromatic nitrogens is 1. The molecule has 3 rings (SSSR count). The fraction of sp³-hybridized carbons (Fsp3) is 0.412. The van der Waals surface area contributed by atoms with E-state index in [0.29, 0.717) is 11.6 Å². The summed E-state index contributed by atoms with van der Waals surface area (Å²) in [6.07, 6.45) is 1.97. The molecule has 2 heterocycles. The van der Waals surface area contributed by atoms with E-state index in [0.717, 1.165) is 36.8 Å². The van der Waals surface area contributed by atoms with Gasteiger partial charge in [-0.25, -0.2) is 4.98 Å². The smallest absolute Gasteiger partial charge is 0.272 e. The minimum Gasteiger partial charge on any atom is -0.337 e.